The number of rotatable bonds is 7. The first-order valence-electron chi connectivity index (χ1n) is 14.7. The molecule has 1 aromatic carbocycles. The van der Waals surface area contributed by atoms with Crippen molar-refractivity contribution in [2.24, 2.45) is 5.41 Å². The van der Waals surface area contributed by atoms with Crippen LogP contribution in [0.3, 0.4) is 0 Å². The summed E-state index contributed by atoms with van der Waals surface area (Å²) in [7, 11) is 2.13. The average Bonchev–Trinajstić information content (AvgIpc) is 3.30. The van der Waals surface area contributed by atoms with Crippen LogP contribution in [-0.2, 0) is 9.59 Å². The minimum atomic E-state index is -0.839. The topological polar surface area (TPSA) is 103 Å². The summed E-state index contributed by atoms with van der Waals surface area (Å²) >= 11 is 5.70. The number of benzene rings is 1. The minimum absolute atomic E-state index is 0.0134. The Bertz CT molecular complexity index is 1110. The largest absolute Gasteiger partial charge is 0.484 e. The number of hydrazine groups is 1. The van der Waals surface area contributed by atoms with E-state index < -0.39 is 22.9 Å². The molecule has 1 heterocycles. The van der Waals surface area contributed by atoms with Crippen molar-refractivity contribution in [1.82, 2.24) is 21.1 Å². The summed E-state index contributed by atoms with van der Waals surface area (Å²) in [5, 5.41) is 19.6. The highest BCUT2D eigenvalue weighted by Crippen LogP contribution is 2.52. The SMILES string of the molecule is CN1NC(CNC(=O)C23CCC(NC(=O)COc4ccc(Cl)c(F)c4)(CC2)CC3O)CC12CCC/C=C\CCC2. The minimum Gasteiger partial charge on any atom is -0.484 e. The molecule has 0 aromatic heterocycles. The van der Waals surface area contributed by atoms with Gasteiger partial charge in [-0.25, -0.2) is 9.40 Å². The van der Waals surface area contributed by atoms with Crippen LogP contribution in [0.25, 0.3) is 0 Å². The number of nitrogens with zero attached hydrogens (tertiary/aromatic N) is 1. The number of carbonyl (C=O) groups excluding carboxylic acids is 2. The number of aliphatic hydroxyl groups is 1. The Morgan fingerprint density at radius 1 is 1.12 bits per heavy atom. The van der Waals surface area contributed by atoms with Gasteiger partial charge in [-0.2, -0.15) is 0 Å². The predicted octanol–water partition coefficient (Wildman–Crippen LogP) is 4.01. The van der Waals surface area contributed by atoms with E-state index in [1.54, 1.807) is 0 Å². The highest BCUT2D eigenvalue weighted by molar-refractivity contribution is 6.30. The molecule has 1 aromatic rings. The molecule has 2 atom stereocenters. The van der Waals surface area contributed by atoms with Gasteiger partial charge in [0, 0.05) is 36.8 Å². The summed E-state index contributed by atoms with van der Waals surface area (Å²) < 4.78 is 19.1. The molecule has 1 aliphatic heterocycles. The Morgan fingerprint density at radius 3 is 2.48 bits per heavy atom. The molecule has 2 unspecified atom stereocenters. The Hall–Kier alpha value is -2.20. The van der Waals surface area contributed by atoms with Gasteiger partial charge in [-0.15, -0.1) is 0 Å². The number of hydrogen-bond donors (Lipinski definition) is 4. The molecule has 2 amide bonds. The molecule has 220 valence electrons. The molecule has 0 radical (unpaired) electrons. The first kappa shape index (κ1) is 29.3. The average molecular weight is 577 g/mol. The van der Waals surface area contributed by atoms with Crippen LogP contribution in [-0.4, -0.2) is 65.4 Å². The molecule has 1 spiro atoms. The quantitative estimate of drug-likeness (QED) is 0.366. The van der Waals surface area contributed by atoms with Crippen molar-refractivity contribution in [1.29, 1.82) is 0 Å². The summed E-state index contributed by atoms with van der Waals surface area (Å²) in [4.78, 5) is 26.2. The van der Waals surface area contributed by atoms with Crippen LogP contribution in [0.15, 0.2) is 30.4 Å². The van der Waals surface area contributed by atoms with Gasteiger partial charge in [0.1, 0.15) is 11.6 Å². The number of hydrogen-bond acceptors (Lipinski definition) is 6. The molecule has 10 heteroatoms. The first-order chi connectivity index (χ1) is 19.2. The van der Waals surface area contributed by atoms with Gasteiger partial charge in [0.2, 0.25) is 5.91 Å². The fourth-order valence-corrected chi connectivity index (χ4v) is 7.56. The van der Waals surface area contributed by atoms with Crippen LogP contribution < -0.4 is 20.8 Å². The van der Waals surface area contributed by atoms with Gasteiger partial charge in [-0.05, 0) is 89.2 Å². The number of fused-ring (bicyclic) bond motifs is 3. The van der Waals surface area contributed by atoms with Gasteiger partial charge >= 0.3 is 0 Å². The Balaban J connectivity index is 1.11. The molecule has 4 N–H and O–H groups in total. The lowest BCUT2D eigenvalue weighted by Gasteiger charge is -2.55. The molecule has 4 fully saturated rings. The Morgan fingerprint density at radius 2 is 1.82 bits per heavy atom. The smallest absolute Gasteiger partial charge is 0.258 e. The van der Waals surface area contributed by atoms with Crippen molar-refractivity contribution >= 4 is 23.4 Å². The number of halogens is 2. The third-order valence-corrected chi connectivity index (χ3v) is 10.2. The highest BCUT2D eigenvalue weighted by atomic mass is 35.5. The van der Waals surface area contributed by atoms with Gasteiger partial charge in [-0.1, -0.05) is 23.8 Å². The molecule has 6 rings (SSSR count). The van der Waals surface area contributed by atoms with Gasteiger partial charge in [0.05, 0.1) is 16.5 Å². The fraction of sp³-hybridized carbons (Fsp3) is 0.667. The second-order valence-corrected chi connectivity index (χ2v) is 12.8. The molecule has 1 saturated heterocycles. The second-order valence-electron chi connectivity index (χ2n) is 12.3. The third-order valence-electron chi connectivity index (χ3n) is 9.85. The maximum absolute atomic E-state index is 13.6. The van der Waals surface area contributed by atoms with Gasteiger partial charge in [0.15, 0.2) is 6.61 Å². The third kappa shape index (κ3) is 6.03. The number of allylic oxidation sites excluding steroid dienone is 2. The summed E-state index contributed by atoms with van der Waals surface area (Å²) in [6, 6.07) is 4.18. The van der Waals surface area contributed by atoms with Gasteiger partial charge in [-0.3, -0.25) is 15.0 Å². The number of amides is 2. The lowest BCUT2D eigenvalue weighted by atomic mass is 9.55. The van der Waals surface area contributed by atoms with E-state index in [9.17, 15) is 19.1 Å². The van der Waals surface area contributed by atoms with E-state index in [4.69, 9.17) is 16.3 Å². The van der Waals surface area contributed by atoms with Crippen LogP contribution >= 0.6 is 11.6 Å². The zero-order valence-electron chi connectivity index (χ0n) is 23.3. The van der Waals surface area contributed by atoms with E-state index in [2.05, 4.69) is 40.3 Å². The molecular weight excluding hydrogens is 535 g/mol. The maximum atomic E-state index is 13.6. The number of aliphatic hydroxyl groups excluding tert-OH is 1. The van der Waals surface area contributed by atoms with Crippen LogP contribution in [0.2, 0.25) is 5.02 Å². The zero-order chi connectivity index (χ0) is 28.4. The van der Waals surface area contributed by atoms with Crippen molar-refractivity contribution < 1.29 is 23.8 Å². The second kappa shape index (κ2) is 12.0. The Labute approximate surface area is 241 Å². The van der Waals surface area contributed by atoms with Crippen molar-refractivity contribution in [2.75, 3.05) is 20.2 Å². The van der Waals surface area contributed by atoms with Crippen molar-refractivity contribution in [3.8, 4) is 5.75 Å². The predicted molar refractivity (Wildman–Crippen MR) is 151 cm³/mol. The fourth-order valence-electron chi connectivity index (χ4n) is 7.44. The van der Waals surface area contributed by atoms with Crippen molar-refractivity contribution in [2.45, 2.75) is 100 Å². The zero-order valence-corrected chi connectivity index (χ0v) is 24.1. The number of ether oxygens (including phenoxy) is 1. The molecule has 3 saturated carbocycles. The van der Waals surface area contributed by atoms with Gasteiger partial charge in [0.25, 0.3) is 5.91 Å². The van der Waals surface area contributed by atoms with Crippen LogP contribution in [0.4, 0.5) is 4.39 Å². The van der Waals surface area contributed by atoms with Crippen LogP contribution in [0.5, 0.6) is 5.75 Å². The van der Waals surface area contributed by atoms with E-state index >= 15 is 0 Å². The van der Waals surface area contributed by atoms with Gasteiger partial charge < -0.3 is 20.5 Å². The van der Waals surface area contributed by atoms with Crippen molar-refractivity contribution in [3.63, 3.8) is 0 Å². The monoisotopic (exact) mass is 576 g/mol. The highest BCUT2D eigenvalue weighted by Gasteiger charge is 2.58. The van der Waals surface area contributed by atoms with E-state index in [0.29, 0.717) is 38.6 Å². The number of nitrogens with one attached hydrogen (secondary N) is 3. The molecule has 5 aliphatic rings. The summed E-state index contributed by atoms with van der Waals surface area (Å²) in [5.74, 6) is -0.823. The van der Waals surface area contributed by atoms with Crippen LogP contribution in [0, 0.1) is 11.2 Å². The van der Waals surface area contributed by atoms with Crippen LogP contribution in [0.1, 0.15) is 77.0 Å². The van der Waals surface area contributed by atoms with E-state index in [1.807, 2.05) is 0 Å². The molecule has 4 aliphatic carbocycles. The standard InChI is InChI=1S/C30H42ClFN4O4/c1-36-29(10-6-4-2-3-5-7-11-29)17-21(35-36)19-33-27(39)30-14-12-28(13-15-30,18-25(30)37)34-26(38)20-40-22-8-9-23(31)24(32)16-22/h2-3,8-9,16,21,25,35,37H,4-7,10-15,17-20H2,1H3,(H,33,39)(H,34,38)/b3-2-. The van der Waals surface area contributed by atoms with E-state index in [0.717, 1.165) is 38.2 Å². The molecule has 8 nitrogen and oxygen atoms in total. The van der Waals surface area contributed by atoms with Crippen molar-refractivity contribution in [3.05, 3.63) is 41.2 Å². The summed E-state index contributed by atoms with van der Waals surface area (Å²) in [5.41, 5.74) is 2.33. The normalized spacial score (nSPS) is 32.6. The van der Waals surface area contributed by atoms with E-state index in [1.165, 1.54) is 25.0 Å². The lowest BCUT2D eigenvalue weighted by Crippen LogP contribution is -2.66. The lowest BCUT2D eigenvalue weighted by molar-refractivity contribution is -0.156. The number of carbonyl (C=O) groups is 2. The first-order valence-corrected chi connectivity index (χ1v) is 15.0. The summed E-state index contributed by atoms with van der Waals surface area (Å²) in [6.07, 6.45) is 14.2. The molecule has 40 heavy (non-hydrogen) atoms. The Kier molecular flexibility index (Phi) is 8.76. The molecule has 2 bridgehead atoms. The maximum Gasteiger partial charge on any atom is 0.258 e. The van der Waals surface area contributed by atoms with E-state index in [-0.39, 0.29) is 40.8 Å². The molecular formula is C30H42ClFN4O4. The summed E-state index contributed by atoms with van der Waals surface area (Å²) in [6.45, 7) is 0.257.